The largest absolute Gasteiger partial charge is 0.341 e. The Bertz CT molecular complexity index is 584. The number of hydrogen-bond acceptors (Lipinski definition) is 3. The van der Waals surface area contributed by atoms with Crippen LogP contribution < -0.4 is 5.73 Å². The van der Waals surface area contributed by atoms with Crippen molar-refractivity contribution in [3.63, 3.8) is 0 Å². The minimum atomic E-state index is -0.0801. The number of rotatable bonds is 2. The maximum Gasteiger partial charge on any atom is 0.253 e. The van der Waals surface area contributed by atoms with Gasteiger partial charge in [-0.05, 0) is 38.3 Å². The number of hydrogen-bond donors (Lipinski definition) is 1. The quantitative estimate of drug-likeness (QED) is 0.897. The van der Waals surface area contributed by atoms with Crippen LogP contribution in [0.2, 0.25) is 0 Å². The Balaban J connectivity index is 1.64. The van der Waals surface area contributed by atoms with Gasteiger partial charge in [-0.2, -0.15) is 0 Å². The third-order valence-electron chi connectivity index (χ3n) is 4.89. The van der Waals surface area contributed by atoms with Gasteiger partial charge in [-0.25, -0.2) is 0 Å². The number of benzene rings is 1. The van der Waals surface area contributed by atoms with E-state index in [1.54, 1.807) is 0 Å². The van der Waals surface area contributed by atoms with Gasteiger partial charge >= 0.3 is 0 Å². The molecular weight excluding hydrogens is 290 g/mol. The van der Waals surface area contributed by atoms with Gasteiger partial charge in [0.2, 0.25) is 5.91 Å². The van der Waals surface area contributed by atoms with E-state index in [1.165, 1.54) is 0 Å². The first-order valence-electron chi connectivity index (χ1n) is 8.45. The number of aryl methyl sites for hydroxylation is 1. The number of carbonyl (C=O) groups excluding carboxylic acids is 2. The van der Waals surface area contributed by atoms with Gasteiger partial charge in [-0.1, -0.05) is 17.7 Å². The van der Waals surface area contributed by atoms with Crippen molar-refractivity contribution in [1.29, 1.82) is 0 Å². The highest BCUT2D eigenvalue weighted by Gasteiger charge is 2.33. The molecule has 0 aliphatic carbocycles. The normalized spacial score (nSPS) is 24.8. The molecule has 1 unspecified atom stereocenters. The first kappa shape index (κ1) is 16.0. The summed E-state index contributed by atoms with van der Waals surface area (Å²) in [6, 6.07) is 7.73. The third-order valence-corrected chi connectivity index (χ3v) is 4.89. The summed E-state index contributed by atoms with van der Waals surface area (Å²) in [6.45, 7) is 4.67. The van der Waals surface area contributed by atoms with Crippen LogP contribution in [0.25, 0.3) is 0 Å². The number of nitrogens with two attached hydrogens (primary N) is 1. The van der Waals surface area contributed by atoms with E-state index in [0.29, 0.717) is 18.7 Å². The van der Waals surface area contributed by atoms with E-state index in [9.17, 15) is 9.59 Å². The van der Waals surface area contributed by atoms with Crippen molar-refractivity contribution in [3.8, 4) is 0 Å². The highest BCUT2D eigenvalue weighted by Crippen LogP contribution is 2.22. The third kappa shape index (κ3) is 3.55. The van der Waals surface area contributed by atoms with Gasteiger partial charge in [-0.15, -0.1) is 0 Å². The Morgan fingerprint density at radius 3 is 2.43 bits per heavy atom. The molecule has 2 N–H and O–H groups in total. The highest BCUT2D eigenvalue weighted by molar-refractivity contribution is 5.94. The molecule has 2 heterocycles. The lowest BCUT2D eigenvalue weighted by Crippen LogP contribution is -2.46. The summed E-state index contributed by atoms with van der Waals surface area (Å²) >= 11 is 0. The SMILES string of the molecule is Cc1ccc(C(=O)N2CCCC(C(=O)N3CC[C@@H](N)C3)C2)cc1. The molecule has 2 amide bonds. The number of carbonyl (C=O) groups is 2. The van der Waals surface area contributed by atoms with Gasteiger partial charge in [0.05, 0.1) is 5.92 Å². The predicted molar refractivity (Wildman–Crippen MR) is 89.0 cm³/mol. The fourth-order valence-electron chi connectivity index (χ4n) is 3.49. The molecule has 5 nitrogen and oxygen atoms in total. The monoisotopic (exact) mass is 315 g/mol. The molecule has 2 aliphatic rings. The van der Waals surface area contributed by atoms with Crippen LogP contribution >= 0.6 is 0 Å². The Morgan fingerprint density at radius 2 is 1.78 bits per heavy atom. The number of nitrogens with zero attached hydrogens (tertiary/aromatic N) is 2. The van der Waals surface area contributed by atoms with Gasteiger partial charge in [0.15, 0.2) is 0 Å². The summed E-state index contributed by atoms with van der Waals surface area (Å²) in [5.41, 5.74) is 7.74. The van der Waals surface area contributed by atoms with Crippen LogP contribution in [0.1, 0.15) is 35.2 Å². The molecule has 2 atom stereocenters. The van der Waals surface area contributed by atoms with Gasteiger partial charge in [0.25, 0.3) is 5.91 Å². The molecule has 1 aromatic carbocycles. The average molecular weight is 315 g/mol. The van der Waals surface area contributed by atoms with Crippen molar-refractivity contribution >= 4 is 11.8 Å². The second-order valence-corrected chi connectivity index (χ2v) is 6.79. The summed E-state index contributed by atoms with van der Waals surface area (Å²) in [4.78, 5) is 29.0. The molecule has 0 radical (unpaired) electrons. The fraction of sp³-hybridized carbons (Fsp3) is 0.556. The Kier molecular flexibility index (Phi) is 4.66. The van der Waals surface area contributed by atoms with Crippen LogP contribution in [-0.2, 0) is 4.79 Å². The zero-order valence-electron chi connectivity index (χ0n) is 13.7. The van der Waals surface area contributed by atoms with Crippen molar-refractivity contribution in [2.75, 3.05) is 26.2 Å². The lowest BCUT2D eigenvalue weighted by atomic mass is 9.96. The van der Waals surface area contributed by atoms with E-state index in [-0.39, 0.29) is 23.8 Å². The summed E-state index contributed by atoms with van der Waals surface area (Å²) in [7, 11) is 0. The van der Waals surface area contributed by atoms with Crippen molar-refractivity contribution < 1.29 is 9.59 Å². The smallest absolute Gasteiger partial charge is 0.253 e. The fourth-order valence-corrected chi connectivity index (χ4v) is 3.49. The molecule has 124 valence electrons. The molecule has 0 saturated carbocycles. The summed E-state index contributed by atoms with van der Waals surface area (Å²) < 4.78 is 0. The van der Waals surface area contributed by atoms with E-state index in [1.807, 2.05) is 41.0 Å². The molecule has 0 aromatic heterocycles. The molecule has 2 aliphatic heterocycles. The van der Waals surface area contributed by atoms with Gasteiger partial charge in [0, 0.05) is 37.8 Å². The standard InChI is InChI=1S/C18H25N3O2/c1-13-4-6-14(7-5-13)17(22)20-9-2-3-15(11-20)18(23)21-10-8-16(19)12-21/h4-7,15-16H,2-3,8-12,19H2,1H3/t15?,16-/m1/s1. The van der Waals surface area contributed by atoms with Crippen molar-refractivity contribution in [2.24, 2.45) is 11.7 Å². The summed E-state index contributed by atoms with van der Waals surface area (Å²) in [5, 5.41) is 0. The zero-order valence-corrected chi connectivity index (χ0v) is 13.7. The predicted octanol–water partition coefficient (Wildman–Crippen LogP) is 1.41. The van der Waals surface area contributed by atoms with Crippen molar-refractivity contribution in [2.45, 2.75) is 32.2 Å². The average Bonchev–Trinajstić information content (AvgIpc) is 3.01. The first-order chi connectivity index (χ1) is 11.0. The van der Waals surface area contributed by atoms with Gasteiger partial charge in [-0.3, -0.25) is 9.59 Å². The Labute approximate surface area is 137 Å². The van der Waals surface area contributed by atoms with Crippen LogP contribution in [0, 0.1) is 12.8 Å². The molecule has 2 fully saturated rings. The minimum Gasteiger partial charge on any atom is -0.341 e. The molecule has 23 heavy (non-hydrogen) atoms. The number of amides is 2. The molecule has 0 spiro atoms. The molecule has 0 bridgehead atoms. The highest BCUT2D eigenvalue weighted by atomic mass is 16.2. The maximum absolute atomic E-state index is 12.6. The molecule has 5 heteroatoms. The van der Waals surface area contributed by atoms with E-state index in [4.69, 9.17) is 5.73 Å². The van der Waals surface area contributed by atoms with E-state index < -0.39 is 0 Å². The summed E-state index contributed by atoms with van der Waals surface area (Å²) in [5.74, 6) is 0.114. The van der Waals surface area contributed by atoms with E-state index in [2.05, 4.69) is 0 Å². The zero-order chi connectivity index (χ0) is 16.4. The number of likely N-dealkylation sites (tertiary alicyclic amines) is 2. The second-order valence-electron chi connectivity index (χ2n) is 6.79. The lowest BCUT2D eigenvalue weighted by molar-refractivity contribution is -0.135. The summed E-state index contributed by atoms with van der Waals surface area (Å²) in [6.07, 6.45) is 2.63. The minimum absolute atomic E-state index is 0.0284. The number of piperidine rings is 1. The molecular formula is C18H25N3O2. The van der Waals surface area contributed by atoms with Gasteiger partial charge < -0.3 is 15.5 Å². The molecule has 3 rings (SSSR count). The maximum atomic E-state index is 12.6. The van der Waals surface area contributed by atoms with Gasteiger partial charge in [0.1, 0.15) is 0 Å². The Morgan fingerprint density at radius 1 is 1.04 bits per heavy atom. The lowest BCUT2D eigenvalue weighted by Gasteiger charge is -2.34. The topological polar surface area (TPSA) is 66.6 Å². The van der Waals surface area contributed by atoms with Crippen LogP contribution in [0.15, 0.2) is 24.3 Å². The van der Waals surface area contributed by atoms with Crippen molar-refractivity contribution in [1.82, 2.24) is 9.80 Å². The second kappa shape index (κ2) is 6.71. The van der Waals surface area contributed by atoms with Crippen LogP contribution in [-0.4, -0.2) is 53.8 Å². The van der Waals surface area contributed by atoms with E-state index >= 15 is 0 Å². The molecule has 2 saturated heterocycles. The van der Waals surface area contributed by atoms with Crippen LogP contribution in [0.5, 0.6) is 0 Å². The van der Waals surface area contributed by atoms with Crippen molar-refractivity contribution in [3.05, 3.63) is 35.4 Å². The molecule has 1 aromatic rings. The first-order valence-corrected chi connectivity index (χ1v) is 8.45. The van der Waals surface area contributed by atoms with E-state index in [0.717, 1.165) is 37.9 Å². The van der Waals surface area contributed by atoms with Crippen LogP contribution in [0.4, 0.5) is 0 Å². The Hall–Kier alpha value is -1.88. The van der Waals surface area contributed by atoms with Crippen LogP contribution in [0.3, 0.4) is 0 Å².